The first-order chi connectivity index (χ1) is 5.24. The van der Waals surface area contributed by atoms with Crippen LogP contribution in [0.3, 0.4) is 0 Å². The van der Waals surface area contributed by atoms with Crippen molar-refractivity contribution in [1.82, 2.24) is 0 Å². The molecule has 2 heteroatoms. The third-order valence-corrected chi connectivity index (χ3v) is 1.60. The van der Waals surface area contributed by atoms with Crippen LogP contribution >= 0.6 is 0 Å². The lowest BCUT2D eigenvalue weighted by Gasteiger charge is -2.05. The van der Waals surface area contributed by atoms with Crippen molar-refractivity contribution in [3.63, 3.8) is 0 Å². The second kappa shape index (κ2) is 3.58. The molecule has 0 spiro atoms. The maximum atomic E-state index is 5.70. The Morgan fingerprint density at radius 1 is 1.45 bits per heavy atom. The summed E-state index contributed by atoms with van der Waals surface area (Å²) in [5, 5.41) is 0. The number of aryl methyl sites for hydroxylation is 1. The zero-order chi connectivity index (χ0) is 8.27. The maximum absolute atomic E-state index is 5.70. The summed E-state index contributed by atoms with van der Waals surface area (Å²) in [6.07, 6.45) is 0. The summed E-state index contributed by atoms with van der Waals surface area (Å²) in [6, 6.07) is 5.94. The number of benzene rings is 1. The summed E-state index contributed by atoms with van der Waals surface area (Å²) in [4.78, 5) is 0. The molecule has 11 heavy (non-hydrogen) atoms. The van der Waals surface area contributed by atoms with Crippen LogP contribution in [-0.2, 0) is 11.3 Å². The van der Waals surface area contributed by atoms with Gasteiger partial charge in [-0.05, 0) is 12.5 Å². The molecule has 0 unspecified atom stereocenters. The monoisotopic (exact) mass is 146 g/mol. The molecule has 0 saturated heterocycles. The van der Waals surface area contributed by atoms with Gasteiger partial charge in [-0.25, -0.2) is 0 Å². The summed E-state index contributed by atoms with van der Waals surface area (Å²) in [7, 11) is 7.36. The quantitative estimate of drug-likeness (QED) is 0.564. The van der Waals surface area contributed by atoms with E-state index in [1.807, 2.05) is 25.1 Å². The fourth-order valence-electron chi connectivity index (χ4n) is 1.02. The van der Waals surface area contributed by atoms with Crippen molar-refractivity contribution in [3.8, 4) is 0 Å². The van der Waals surface area contributed by atoms with Crippen molar-refractivity contribution < 1.29 is 4.74 Å². The minimum Gasteiger partial charge on any atom is -0.380 e. The Kier molecular flexibility index (Phi) is 2.72. The normalized spacial score (nSPS) is 10.0. The second-order valence-corrected chi connectivity index (χ2v) is 2.64. The van der Waals surface area contributed by atoms with E-state index in [2.05, 4.69) is 0 Å². The maximum Gasteiger partial charge on any atom is 0.114 e. The lowest BCUT2D eigenvalue weighted by molar-refractivity contribution is 0.185. The van der Waals surface area contributed by atoms with Gasteiger partial charge in [-0.15, -0.1) is 0 Å². The molecule has 0 fully saturated rings. The van der Waals surface area contributed by atoms with Gasteiger partial charge in [0.05, 0.1) is 6.61 Å². The Hall–Kier alpha value is -0.755. The van der Waals surface area contributed by atoms with Crippen LogP contribution in [0.5, 0.6) is 0 Å². The van der Waals surface area contributed by atoms with Gasteiger partial charge in [0, 0.05) is 7.11 Å². The van der Waals surface area contributed by atoms with Crippen molar-refractivity contribution in [2.45, 2.75) is 13.5 Å². The molecule has 1 nitrogen and oxygen atoms in total. The van der Waals surface area contributed by atoms with Crippen LogP contribution in [0.15, 0.2) is 18.2 Å². The molecular formula is C9H11BO. The van der Waals surface area contributed by atoms with Gasteiger partial charge in [-0.1, -0.05) is 29.2 Å². The van der Waals surface area contributed by atoms with Gasteiger partial charge in [0.2, 0.25) is 0 Å². The zero-order valence-electron chi connectivity index (χ0n) is 6.92. The van der Waals surface area contributed by atoms with Crippen LogP contribution < -0.4 is 5.46 Å². The van der Waals surface area contributed by atoms with Crippen LogP contribution in [0.25, 0.3) is 0 Å². The van der Waals surface area contributed by atoms with Crippen molar-refractivity contribution in [3.05, 3.63) is 29.3 Å². The average Bonchev–Trinajstić information content (AvgIpc) is 1.98. The van der Waals surface area contributed by atoms with E-state index < -0.39 is 0 Å². The molecule has 0 aliphatic carbocycles. The topological polar surface area (TPSA) is 9.23 Å². The third-order valence-electron chi connectivity index (χ3n) is 1.60. The minimum absolute atomic E-state index is 0.591. The summed E-state index contributed by atoms with van der Waals surface area (Å²) in [6.45, 7) is 2.63. The molecule has 0 heterocycles. The molecule has 2 radical (unpaired) electrons. The molecule has 0 aromatic heterocycles. The number of hydrogen-bond donors (Lipinski definition) is 0. The SMILES string of the molecule is [B]c1ccc(C)cc1COC. The van der Waals surface area contributed by atoms with E-state index in [0.717, 1.165) is 11.0 Å². The third kappa shape index (κ3) is 2.09. The molecule has 0 saturated carbocycles. The summed E-state index contributed by atoms with van der Waals surface area (Å²) < 4.78 is 4.98. The molecule has 1 aromatic carbocycles. The lowest BCUT2D eigenvalue weighted by atomic mass is 9.90. The van der Waals surface area contributed by atoms with Gasteiger partial charge in [0.15, 0.2) is 0 Å². The average molecular weight is 146 g/mol. The van der Waals surface area contributed by atoms with Gasteiger partial charge in [0.25, 0.3) is 0 Å². The van der Waals surface area contributed by atoms with Crippen molar-refractivity contribution in [2.75, 3.05) is 7.11 Å². The first-order valence-electron chi connectivity index (χ1n) is 3.58. The predicted molar refractivity (Wildman–Crippen MR) is 47.3 cm³/mol. The molecule has 0 N–H and O–H groups in total. The van der Waals surface area contributed by atoms with Crippen molar-refractivity contribution in [2.24, 2.45) is 0 Å². The zero-order valence-corrected chi connectivity index (χ0v) is 6.92. The van der Waals surface area contributed by atoms with E-state index in [0.29, 0.717) is 6.61 Å². The lowest BCUT2D eigenvalue weighted by Crippen LogP contribution is -2.10. The van der Waals surface area contributed by atoms with E-state index >= 15 is 0 Å². The molecule has 1 rings (SSSR count). The van der Waals surface area contributed by atoms with Crippen LogP contribution in [-0.4, -0.2) is 15.0 Å². The van der Waals surface area contributed by atoms with E-state index in [9.17, 15) is 0 Å². The molecule has 1 aromatic rings. The molecule has 0 bridgehead atoms. The highest BCUT2D eigenvalue weighted by molar-refractivity contribution is 6.33. The molecular weight excluding hydrogens is 135 g/mol. The Morgan fingerprint density at radius 2 is 2.18 bits per heavy atom. The van der Waals surface area contributed by atoms with Gasteiger partial charge in [-0.2, -0.15) is 0 Å². The molecule has 0 atom stereocenters. The highest BCUT2D eigenvalue weighted by atomic mass is 16.5. The van der Waals surface area contributed by atoms with Gasteiger partial charge in [-0.3, -0.25) is 0 Å². The summed E-state index contributed by atoms with van der Waals surface area (Å²) in [5.74, 6) is 0. The first kappa shape index (κ1) is 8.34. The van der Waals surface area contributed by atoms with Gasteiger partial charge < -0.3 is 4.74 Å². The van der Waals surface area contributed by atoms with Crippen LogP contribution in [0.1, 0.15) is 11.1 Å². The fourth-order valence-corrected chi connectivity index (χ4v) is 1.02. The van der Waals surface area contributed by atoms with E-state index in [4.69, 9.17) is 12.6 Å². The standard InChI is InChI=1S/C9H11BO/c1-7-3-4-9(10)8(5-7)6-11-2/h3-5H,6H2,1-2H3. The second-order valence-electron chi connectivity index (χ2n) is 2.64. The molecule has 0 amide bonds. The predicted octanol–water partition coefficient (Wildman–Crippen LogP) is 0.935. The molecule has 0 aliphatic rings. The van der Waals surface area contributed by atoms with Crippen LogP contribution in [0.4, 0.5) is 0 Å². The van der Waals surface area contributed by atoms with Crippen LogP contribution in [0, 0.1) is 6.92 Å². The van der Waals surface area contributed by atoms with E-state index in [-0.39, 0.29) is 0 Å². The highest BCUT2D eigenvalue weighted by Crippen LogP contribution is 2.01. The Morgan fingerprint density at radius 3 is 2.82 bits per heavy atom. The Labute approximate surface area is 68.8 Å². The summed E-state index contributed by atoms with van der Waals surface area (Å²) >= 11 is 0. The van der Waals surface area contributed by atoms with Gasteiger partial charge >= 0.3 is 0 Å². The number of methoxy groups -OCH3 is 1. The summed E-state index contributed by atoms with van der Waals surface area (Å²) in [5.41, 5.74) is 3.08. The number of ether oxygens (including phenoxy) is 1. The Bertz CT molecular complexity index is 245. The minimum atomic E-state index is 0.591. The van der Waals surface area contributed by atoms with Crippen LogP contribution in [0.2, 0.25) is 0 Å². The fraction of sp³-hybridized carbons (Fsp3) is 0.333. The highest BCUT2D eigenvalue weighted by Gasteiger charge is 1.95. The number of hydrogen-bond acceptors (Lipinski definition) is 1. The number of rotatable bonds is 2. The Balaban J connectivity index is 2.93. The van der Waals surface area contributed by atoms with Crippen molar-refractivity contribution in [1.29, 1.82) is 0 Å². The smallest absolute Gasteiger partial charge is 0.114 e. The van der Waals surface area contributed by atoms with E-state index in [1.54, 1.807) is 7.11 Å². The van der Waals surface area contributed by atoms with Gasteiger partial charge in [0.1, 0.15) is 7.85 Å². The first-order valence-corrected chi connectivity index (χ1v) is 3.58. The molecule has 56 valence electrons. The van der Waals surface area contributed by atoms with Crippen molar-refractivity contribution >= 4 is 13.3 Å². The largest absolute Gasteiger partial charge is 0.380 e. The van der Waals surface area contributed by atoms with E-state index in [1.165, 1.54) is 5.56 Å². The molecule has 0 aliphatic heterocycles.